The fourth-order valence-corrected chi connectivity index (χ4v) is 3.35. The third-order valence-corrected chi connectivity index (χ3v) is 4.76. The molecule has 1 aliphatic heterocycles. The number of hydrogen-bond acceptors (Lipinski definition) is 4. The largest absolute Gasteiger partial charge is 0.468 e. The normalized spacial score (nSPS) is 18.2. The number of furan rings is 1. The molecule has 1 atom stereocenters. The predicted octanol–water partition coefficient (Wildman–Crippen LogP) is 1.81. The molecule has 1 fully saturated rings. The van der Waals surface area contributed by atoms with Crippen molar-refractivity contribution >= 4 is 23.7 Å². The lowest BCUT2D eigenvalue weighted by Gasteiger charge is -2.30. The Balaban J connectivity index is 1.56. The van der Waals surface area contributed by atoms with E-state index in [2.05, 4.69) is 5.32 Å². The van der Waals surface area contributed by atoms with Crippen LogP contribution < -0.4 is 11.1 Å². The highest BCUT2D eigenvalue weighted by atomic mass is 32.2. The summed E-state index contributed by atoms with van der Waals surface area (Å²) in [6.45, 7) is 1.76. The number of primary amides is 1. The van der Waals surface area contributed by atoms with Crippen molar-refractivity contribution in [2.24, 2.45) is 11.7 Å². The second kappa shape index (κ2) is 8.73. The zero-order valence-electron chi connectivity index (χ0n) is 12.6. The third-order valence-electron chi connectivity index (χ3n) is 3.69. The Morgan fingerprint density at radius 3 is 3.09 bits per heavy atom. The number of likely N-dealkylation sites (tertiary alicyclic amines) is 1. The van der Waals surface area contributed by atoms with Crippen LogP contribution in [0.1, 0.15) is 25.0 Å². The van der Waals surface area contributed by atoms with Gasteiger partial charge >= 0.3 is 6.03 Å². The maximum absolute atomic E-state index is 12.1. The SMILES string of the molecule is NC(=O)N1CCC[C@@H](C(=O)NCCCSCc2ccco2)C1. The fourth-order valence-electron chi connectivity index (χ4n) is 2.49. The Labute approximate surface area is 134 Å². The molecule has 0 unspecified atom stereocenters. The molecule has 2 rings (SSSR count). The second-order valence-corrected chi connectivity index (χ2v) is 6.51. The molecule has 0 spiro atoms. The molecular formula is C15H23N3O3S. The number of rotatable bonds is 7. The quantitative estimate of drug-likeness (QED) is 0.748. The summed E-state index contributed by atoms with van der Waals surface area (Å²) in [6, 6.07) is 3.41. The molecular weight excluding hydrogens is 302 g/mol. The Morgan fingerprint density at radius 2 is 2.36 bits per heavy atom. The van der Waals surface area contributed by atoms with Crippen LogP contribution in [0.2, 0.25) is 0 Å². The van der Waals surface area contributed by atoms with Gasteiger partial charge < -0.3 is 20.4 Å². The van der Waals surface area contributed by atoms with Crippen LogP contribution in [0, 0.1) is 5.92 Å². The van der Waals surface area contributed by atoms with Crippen molar-refractivity contribution in [1.82, 2.24) is 10.2 Å². The number of urea groups is 1. The molecule has 22 heavy (non-hydrogen) atoms. The predicted molar refractivity (Wildman–Crippen MR) is 86.4 cm³/mol. The van der Waals surface area contributed by atoms with Crippen LogP contribution >= 0.6 is 11.8 Å². The first kappa shape index (κ1) is 16.7. The molecule has 6 nitrogen and oxygen atoms in total. The number of amides is 3. The standard InChI is InChI=1S/C15H23N3O3S/c16-15(20)18-7-1-4-12(10-18)14(19)17-6-3-9-22-11-13-5-2-8-21-13/h2,5,8,12H,1,3-4,6-7,9-11H2,(H2,16,20)(H,17,19)/t12-/m1/s1. The van der Waals surface area contributed by atoms with Gasteiger partial charge in [-0.15, -0.1) is 0 Å². The highest BCUT2D eigenvalue weighted by molar-refractivity contribution is 7.98. The molecule has 0 radical (unpaired) electrons. The Bertz CT molecular complexity index is 478. The van der Waals surface area contributed by atoms with E-state index in [1.807, 2.05) is 12.1 Å². The average molecular weight is 325 g/mol. The second-order valence-electron chi connectivity index (χ2n) is 5.40. The van der Waals surface area contributed by atoms with Gasteiger partial charge in [0.1, 0.15) is 5.76 Å². The molecule has 0 aliphatic carbocycles. The van der Waals surface area contributed by atoms with Crippen molar-refractivity contribution in [1.29, 1.82) is 0 Å². The number of nitrogens with two attached hydrogens (primary N) is 1. The Hall–Kier alpha value is -1.63. The van der Waals surface area contributed by atoms with Crippen molar-refractivity contribution in [3.63, 3.8) is 0 Å². The molecule has 1 aromatic rings. The average Bonchev–Trinajstić information content (AvgIpc) is 3.04. The Kier molecular flexibility index (Phi) is 6.64. The van der Waals surface area contributed by atoms with Gasteiger partial charge in [-0.1, -0.05) is 0 Å². The lowest BCUT2D eigenvalue weighted by atomic mass is 9.97. The zero-order chi connectivity index (χ0) is 15.8. The minimum absolute atomic E-state index is 0.0296. The molecule has 3 N–H and O–H groups in total. The van der Waals surface area contributed by atoms with E-state index >= 15 is 0 Å². The number of nitrogens with zero attached hydrogens (tertiary/aromatic N) is 1. The monoisotopic (exact) mass is 325 g/mol. The van der Waals surface area contributed by atoms with E-state index < -0.39 is 6.03 Å². The molecule has 3 amide bonds. The summed E-state index contributed by atoms with van der Waals surface area (Å²) < 4.78 is 5.25. The van der Waals surface area contributed by atoms with Gasteiger partial charge in [-0.25, -0.2) is 4.79 Å². The highest BCUT2D eigenvalue weighted by Gasteiger charge is 2.26. The molecule has 1 aliphatic rings. The van der Waals surface area contributed by atoms with Gasteiger partial charge in [-0.05, 0) is 37.1 Å². The van der Waals surface area contributed by atoms with Gasteiger partial charge in [-0.2, -0.15) is 11.8 Å². The molecule has 7 heteroatoms. The molecule has 1 aromatic heterocycles. The van der Waals surface area contributed by atoms with Gasteiger partial charge in [-0.3, -0.25) is 4.79 Å². The van der Waals surface area contributed by atoms with E-state index in [0.717, 1.165) is 36.5 Å². The van der Waals surface area contributed by atoms with Crippen molar-refractivity contribution < 1.29 is 14.0 Å². The number of nitrogens with one attached hydrogen (secondary N) is 1. The number of piperidine rings is 1. The van der Waals surface area contributed by atoms with Crippen molar-refractivity contribution in [3.05, 3.63) is 24.2 Å². The molecule has 122 valence electrons. The molecule has 1 saturated heterocycles. The minimum Gasteiger partial charge on any atom is -0.468 e. The Morgan fingerprint density at radius 1 is 1.50 bits per heavy atom. The third kappa shape index (κ3) is 5.29. The number of hydrogen-bond donors (Lipinski definition) is 2. The van der Waals surface area contributed by atoms with E-state index in [0.29, 0.717) is 19.6 Å². The van der Waals surface area contributed by atoms with Gasteiger partial charge in [0.15, 0.2) is 0 Å². The van der Waals surface area contributed by atoms with Gasteiger partial charge in [0.25, 0.3) is 0 Å². The van der Waals surface area contributed by atoms with E-state index in [9.17, 15) is 9.59 Å². The van der Waals surface area contributed by atoms with Crippen LogP contribution in [-0.2, 0) is 10.5 Å². The van der Waals surface area contributed by atoms with Gasteiger partial charge in [0.2, 0.25) is 5.91 Å². The maximum Gasteiger partial charge on any atom is 0.314 e. The van der Waals surface area contributed by atoms with E-state index in [4.69, 9.17) is 10.2 Å². The number of carbonyl (C=O) groups is 2. The summed E-state index contributed by atoms with van der Waals surface area (Å²) >= 11 is 1.79. The van der Waals surface area contributed by atoms with E-state index in [1.165, 1.54) is 0 Å². The van der Waals surface area contributed by atoms with Crippen molar-refractivity contribution in [3.8, 4) is 0 Å². The first-order valence-corrected chi connectivity index (χ1v) is 8.74. The molecule has 2 heterocycles. The van der Waals surface area contributed by atoms with Crippen molar-refractivity contribution in [2.75, 3.05) is 25.4 Å². The van der Waals surface area contributed by atoms with Crippen LogP contribution in [0.15, 0.2) is 22.8 Å². The summed E-state index contributed by atoms with van der Waals surface area (Å²) in [6.07, 6.45) is 4.25. The summed E-state index contributed by atoms with van der Waals surface area (Å²) in [5.41, 5.74) is 5.27. The lowest BCUT2D eigenvalue weighted by molar-refractivity contribution is -0.126. The van der Waals surface area contributed by atoms with Crippen LogP contribution in [0.4, 0.5) is 4.79 Å². The van der Waals surface area contributed by atoms with Crippen LogP contribution in [-0.4, -0.2) is 42.2 Å². The van der Waals surface area contributed by atoms with E-state index in [-0.39, 0.29) is 11.8 Å². The maximum atomic E-state index is 12.1. The first-order chi connectivity index (χ1) is 10.7. The summed E-state index contributed by atoms with van der Waals surface area (Å²) in [5.74, 6) is 2.71. The molecule has 0 aromatic carbocycles. The van der Waals surface area contributed by atoms with Gasteiger partial charge in [0, 0.05) is 19.6 Å². The smallest absolute Gasteiger partial charge is 0.314 e. The van der Waals surface area contributed by atoms with Crippen LogP contribution in [0.3, 0.4) is 0 Å². The topological polar surface area (TPSA) is 88.6 Å². The summed E-state index contributed by atoms with van der Waals surface area (Å²) in [7, 11) is 0. The number of carbonyl (C=O) groups excluding carboxylic acids is 2. The highest BCUT2D eigenvalue weighted by Crippen LogP contribution is 2.16. The van der Waals surface area contributed by atoms with Crippen LogP contribution in [0.5, 0.6) is 0 Å². The molecule has 0 bridgehead atoms. The number of thioether (sulfide) groups is 1. The fraction of sp³-hybridized carbons (Fsp3) is 0.600. The minimum atomic E-state index is -0.438. The van der Waals surface area contributed by atoms with Crippen LogP contribution in [0.25, 0.3) is 0 Å². The zero-order valence-corrected chi connectivity index (χ0v) is 13.4. The first-order valence-electron chi connectivity index (χ1n) is 7.59. The lowest BCUT2D eigenvalue weighted by Crippen LogP contribution is -2.47. The summed E-state index contributed by atoms with van der Waals surface area (Å²) in [5, 5.41) is 2.95. The van der Waals surface area contributed by atoms with Crippen molar-refractivity contribution in [2.45, 2.75) is 25.0 Å². The molecule has 0 saturated carbocycles. The van der Waals surface area contributed by atoms with Gasteiger partial charge in [0.05, 0.1) is 17.9 Å². The summed E-state index contributed by atoms with van der Waals surface area (Å²) in [4.78, 5) is 24.8. The van der Waals surface area contributed by atoms with E-state index in [1.54, 1.807) is 22.9 Å².